The number of hydrogen-bond donors (Lipinski definition) is 1. The van der Waals surface area contributed by atoms with Crippen LogP contribution in [-0.4, -0.2) is 31.7 Å². The Labute approximate surface area is 148 Å². The summed E-state index contributed by atoms with van der Waals surface area (Å²) in [5, 5.41) is 6.30. The number of aromatic nitrogens is 1. The number of carbonyl (C=O) groups is 1. The van der Waals surface area contributed by atoms with E-state index in [0.717, 1.165) is 10.7 Å². The third-order valence-electron chi connectivity index (χ3n) is 3.02. The van der Waals surface area contributed by atoms with Crippen LogP contribution in [0.4, 0.5) is 0 Å². The molecule has 0 aliphatic rings. The van der Waals surface area contributed by atoms with E-state index in [0.29, 0.717) is 29.6 Å². The zero-order valence-electron chi connectivity index (χ0n) is 12.7. The highest BCUT2D eigenvalue weighted by atomic mass is 35.5. The second kappa shape index (κ2) is 8.49. The summed E-state index contributed by atoms with van der Waals surface area (Å²) in [5.41, 5.74) is 1.14. The second-order valence-electron chi connectivity index (χ2n) is 4.61. The van der Waals surface area contributed by atoms with Crippen molar-refractivity contribution >= 4 is 40.4 Å². The number of hydrogen-bond acceptors (Lipinski definition) is 5. The van der Waals surface area contributed by atoms with Crippen molar-refractivity contribution < 1.29 is 14.3 Å². The van der Waals surface area contributed by atoms with Crippen LogP contribution < -0.4 is 10.1 Å². The number of nitrogens with zero attached hydrogens (tertiary/aromatic N) is 1. The standard InChI is InChI=1S/C15H16Cl2N2O3S/c1-21-7-12-19-9(8-23-12)5-6-18-15(20)13-10(16)3-4-11(17)14(13)22-2/h3-4,8H,5-7H2,1-2H3,(H,18,20). The summed E-state index contributed by atoms with van der Waals surface area (Å²) in [5.74, 6) is -0.0607. The molecule has 0 unspecified atom stereocenters. The van der Waals surface area contributed by atoms with E-state index in [2.05, 4.69) is 10.3 Å². The number of thiazole rings is 1. The summed E-state index contributed by atoms with van der Waals surface area (Å²) < 4.78 is 10.2. The molecule has 0 saturated carbocycles. The van der Waals surface area contributed by atoms with Crippen LogP contribution in [0.25, 0.3) is 0 Å². The van der Waals surface area contributed by atoms with Gasteiger partial charge in [-0.1, -0.05) is 23.2 Å². The summed E-state index contributed by atoms with van der Waals surface area (Å²) in [6.07, 6.45) is 0.618. The van der Waals surface area contributed by atoms with Crippen LogP contribution in [0.1, 0.15) is 21.1 Å². The molecule has 0 fully saturated rings. The first kappa shape index (κ1) is 18.0. The lowest BCUT2D eigenvalue weighted by Crippen LogP contribution is -2.26. The Morgan fingerprint density at radius 1 is 1.30 bits per heavy atom. The lowest BCUT2D eigenvalue weighted by molar-refractivity contribution is 0.0951. The summed E-state index contributed by atoms with van der Waals surface area (Å²) >= 11 is 13.6. The van der Waals surface area contributed by atoms with E-state index in [9.17, 15) is 4.79 Å². The first-order chi connectivity index (χ1) is 11.1. The average molecular weight is 375 g/mol. The second-order valence-corrected chi connectivity index (χ2v) is 6.37. The topological polar surface area (TPSA) is 60.5 Å². The predicted molar refractivity (Wildman–Crippen MR) is 91.9 cm³/mol. The molecular formula is C15H16Cl2N2O3S. The first-order valence-electron chi connectivity index (χ1n) is 6.79. The summed E-state index contributed by atoms with van der Waals surface area (Å²) in [6.45, 7) is 0.924. The predicted octanol–water partition coefficient (Wildman–Crippen LogP) is 3.58. The molecule has 23 heavy (non-hydrogen) atoms. The van der Waals surface area contributed by atoms with Gasteiger partial charge in [-0.05, 0) is 12.1 Å². The van der Waals surface area contributed by atoms with Crippen LogP contribution in [-0.2, 0) is 17.8 Å². The van der Waals surface area contributed by atoms with Crippen molar-refractivity contribution in [2.24, 2.45) is 0 Å². The number of benzene rings is 1. The van der Waals surface area contributed by atoms with Crippen molar-refractivity contribution in [2.45, 2.75) is 13.0 Å². The molecule has 2 aromatic rings. The number of halogens is 2. The minimum Gasteiger partial charge on any atom is -0.494 e. The van der Waals surface area contributed by atoms with Crippen molar-refractivity contribution in [3.8, 4) is 5.75 Å². The van der Waals surface area contributed by atoms with Crippen LogP contribution in [0, 0.1) is 0 Å². The molecule has 0 aliphatic heterocycles. The number of amides is 1. The number of methoxy groups -OCH3 is 2. The van der Waals surface area contributed by atoms with Gasteiger partial charge in [-0.2, -0.15) is 0 Å². The van der Waals surface area contributed by atoms with Gasteiger partial charge in [-0.25, -0.2) is 4.98 Å². The Hall–Kier alpha value is -1.34. The highest BCUT2D eigenvalue weighted by Crippen LogP contribution is 2.33. The third-order valence-corrected chi connectivity index (χ3v) is 4.51. The Bertz CT molecular complexity index is 691. The van der Waals surface area contributed by atoms with Gasteiger partial charge >= 0.3 is 0 Å². The molecule has 8 heteroatoms. The number of nitrogens with one attached hydrogen (secondary N) is 1. The molecule has 0 aliphatic carbocycles. The molecule has 1 amide bonds. The molecule has 1 aromatic heterocycles. The van der Waals surface area contributed by atoms with Gasteiger partial charge in [-0.3, -0.25) is 4.79 Å². The van der Waals surface area contributed by atoms with Crippen molar-refractivity contribution in [3.05, 3.63) is 43.8 Å². The van der Waals surface area contributed by atoms with E-state index in [-0.39, 0.29) is 17.2 Å². The molecular weight excluding hydrogens is 359 g/mol. The lowest BCUT2D eigenvalue weighted by atomic mass is 10.2. The van der Waals surface area contributed by atoms with E-state index in [4.69, 9.17) is 32.7 Å². The SMILES string of the molecule is COCc1nc(CCNC(=O)c2c(Cl)ccc(Cl)c2OC)cs1. The van der Waals surface area contributed by atoms with Crippen molar-refractivity contribution in [2.75, 3.05) is 20.8 Å². The summed E-state index contributed by atoms with van der Waals surface area (Å²) in [6, 6.07) is 3.16. The third kappa shape index (κ3) is 4.57. The molecule has 1 N–H and O–H groups in total. The number of ether oxygens (including phenoxy) is 2. The monoisotopic (exact) mass is 374 g/mol. The minimum absolute atomic E-state index is 0.236. The van der Waals surface area contributed by atoms with E-state index < -0.39 is 0 Å². The van der Waals surface area contributed by atoms with Crippen LogP contribution in [0.5, 0.6) is 5.75 Å². The van der Waals surface area contributed by atoms with Gasteiger partial charge in [0.15, 0.2) is 5.75 Å². The summed E-state index contributed by atoms with van der Waals surface area (Å²) in [4.78, 5) is 16.7. The maximum Gasteiger partial charge on any atom is 0.256 e. The van der Waals surface area contributed by atoms with Gasteiger partial charge in [-0.15, -0.1) is 11.3 Å². The van der Waals surface area contributed by atoms with Crippen LogP contribution in [0.15, 0.2) is 17.5 Å². The number of carbonyl (C=O) groups excluding carboxylic acids is 1. The van der Waals surface area contributed by atoms with Crippen molar-refractivity contribution in [1.29, 1.82) is 0 Å². The highest BCUT2D eigenvalue weighted by molar-refractivity contribution is 7.09. The van der Waals surface area contributed by atoms with Gasteiger partial charge in [0.2, 0.25) is 0 Å². The lowest BCUT2D eigenvalue weighted by Gasteiger charge is -2.12. The van der Waals surface area contributed by atoms with E-state index in [1.807, 2.05) is 5.38 Å². The molecule has 0 saturated heterocycles. The molecule has 1 aromatic carbocycles. The van der Waals surface area contributed by atoms with E-state index in [1.54, 1.807) is 19.2 Å². The van der Waals surface area contributed by atoms with Crippen LogP contribution >= 0.6 is 34.5 Å². The Kier molecular flexibility index (Phi) is 6.65. The van der Waals surface area contributed by atoms with E-state index >= 15 is 0 Å². The zero-order chi connectivity index (χ0) is 16.8. The first-order valence-corrected chi connectivity index (χ1v) is 8.42. The van der Waals surface area contributed by atoms with Gasteiger partial charge in [0.05, 0.1) is 29.5 Å². The Balaban J connectivity index is 1.98. The number of rotatable bonds is 7. The maximum atomic E-state index is 12.3. The van der Waals surface area contributed by atoms with Gasteiger partial charge in [0, 0.05) is 25.5 Å². The fourth-order valence-corrected chi connectivity index (χ4v) is 3.26. The molecule has 1 heterocycles. The van der Waals surface area contributed by atoms with Crippen molar-refractivity contribution in [3.63, 3.8) is 0 Å². The largest absolute Gasteiger partial charge is 0.494 e. The van der Waals surface area contributed by atoms with Crippen LogP contribution in [0.2, 0.25) is 10.0 Å². The molecule has 0 spiro atoms. The zero-order valence-corrected chi connectivity index (χ0v) is 15.0. The molecule has 0 radical (unpaired) electrons. The average Bonchev–Trinajstić information content (AvgIpc) is 2.97. The smallest absolute Gasteiger partial charge is 0.256 e. The fourth-order valence-electron chi connectivity index (χ4n) is 1.99. The Morgan fingerprint density at radius 3 is 2.74 bits per heavy atom. The molecule has 5 nitrogen and oxygen atoms in total. The van der Waals surface area contributed by atoms with Gasteiger partial charge in [0.25, 0.3) is 5.91 Å². The van der Waals surface area contributed by atoms with Crippen LogP contribution in [0.3, 0.4) is 0 Å². The molecule has 124 valence electrons. The normalized spacial score (nSPS) is 10.6. The maximum absolute atomic E-state index is 12.3. The van der Waals surface area contributed by atoms with Crippen molar-refractivity contribution in [1.82, 2.24) is 10.3 Å². The summed E-state index contributed by atoms with van der Waals surface area (Å²) in [7, 11) is 3.07. The quantitative estimate of drug-likeness (QED) is 0.804. The van der Waals surface area contributed by atoms with Gasteiger partial charge in [0.1, 0.15) is 10.6 Å². The highest BCUT2D eigenvalue weighted by Gasteiger charge is 2.19. The minimum atomic E-state index is -0.332. The molecule has 0 bridgehead atoms. The molecule has 2 rings (SSSR count). The Morgan fingerprint density at radius 2 is 2.04 bits per heavy atom. The van der Waals surface area contributed by atoms with E-state index in [1.165, 1.54) is 18.4 Å². The van der Waals surface area contributed by atoms with Gasteiger partial charge < -0.3 is 14.8 Å². The fraction of sp³-hybridized carbons (Fsp3) is 0.333. The molecule has 0 atom stereocenters.